The van der Waals surface area contributed by atoms with Gasteiger partial charge in [0.1, 0.15) is 0 Å². The molecule has 1 fully saturated rings. The van der Waals surface area contributed by atoms with Crippen LogP contribution >= 0.6 is 0 Å². The topological polar surface area (TPSA) is 54.4 Å². The van der Waals surface area contributed by atoms with Gasteiger partial charge in [-0.15, -0.1) is 0 Å². The minimum Gasteiger partial charge on any atom is -0.388 e. The van der Waals surface area contributed by atoms with Crippen LogP contribution in [0.4, 0.5) is 0 Å². The molecule has 1 aliphatic rings. The van der Waals surface area contributed by atoms with E-state index in [-0.39, 0.29) is 0 Å². The van der Waals surface area contributed by atoms with Crippen molar-refractivity contribution in [2.24, 2.45) is 11.8 Å². The van der Waals surface area contributed by atoms with E-state index in [1.807, 2.05) is 0 Å². The van der Waals surface area contributed by atoms with Gasteiger partial charge in [0.25, 0.3) is 0 Å². The molecule has 0 saturated heterocycles. The highest BCUT2D eigenvalue weighted by Gasteiger charge is 2.27. The van der Waals surface area contributed by atoms with Crippen LogP contribution in [-0.4, -0.2) is 19.8 Å². The maximum absolute atomic E-state index is 11.4. The Hall–Kier alpha value is -0.870. The molecule has 1 N–H and O–H groups in total. The summed E-state index contributed by atoms with van der Waals surface area (Å²) in [6, 6.07) is 6.68. The van der Waals surface area contributed by atoms with Crippen LogP contribution in [0.1, 0.15) is 50.7 Å². The predicted octanol–water partition coefficient (Wildman–Crippen LogP) is 3.34. The molecule has 112 valence electrons. The van der Waals surface area contributed by atoms with Gasteiger partial charge in [-0.3, -0.25) is 0 Å². The van der Waals surface area contributed by atoms with Crippen LogP contribution in [0, 0.1) is 11.8 Å². The van der Waals surface area contributed by atoms with Gasteiger partial charge in [0.2, 0.25) is 0 Å². The van der Waals surface area contributed by atoms with E-state index in [2.05, 4.69) is 6.92 Å². The summed E-state index contributed by atoms with van der Waals surface area (Å²) in [6.07, 6.45) is 6.49. The van der Waals surface area contributed by atoms with Crippen LogP contribution in [0.25, 0.3) is 0 Å². The summed E-state index contributed by atoms with van der Waals surface area (Å²) in [7, 11) is -3.16. The van der Waals surface area contributed by atoms with E-state index in [1.54, 1.807) is 24.3 Å². The number of aliphatic hydroxyl groups excluding tert-OH is 1. The molecule has 0 aromatic heterocycles. The third kappa shape index (κ3) is 3.61. The number of hydrogen-bond acceptors (Lipinski definition) is 3. The smallest absolute Gasteiger partial charge is 0.175 e. The van der Waals surface area contributed by atoms with Crippen molar-refractivity contribution in [1.29, 1.82) is 0 Å². The number of sulfone groups is 1. The Morgan fingerprint density at radius 2 is 1.90 bits per heavy atom. The Morgan fingerprint density at radius 1 is 1.25 bits per heavy atom. The molecule has 2 rings (SSSR count). The van der Waals surface area contributed by atoms with Crippen LogP contribution in [0.5, 0.6) is 0 Å². The molecule has 1 aromatic rings. The fourth-order valence-electron chi connectivity index (χ4n) is 3.17. The molecule has 20 heavy (non-hydrogen) atoms. The van der Waals surface area contributed by atoms with Crippen molar-refractivity contribution in [3.8, 4) is 0 Å². The van der Waals surface area contributed by atoms with Gasteiger partial charge in [-0.1, -0.05) is 38.3 Å². The molecule has 1 aliphatic carbocycles. The summed E-state index contributed by atoms with van der Waals surface area (Å²) in [6.45, 7) is 2.21. The molecule has 0 radical (unpaired) electrons. The van der Waals surface area contributed by atoms with Gasteiger partial charge in [-0.25, -0.2) is 8.42 Å². The van der Waals surface area contributed by atoms with E-state index in [9.17, 15) is 13.5 Å². The van der Waals surface area contributed by atoms with E-state index in [0.29, 0.717) is 10.8 Å². The third-order valence-corrected chi connectivity index (χ3v) is 5.63. The van der Waals surface area contributed by atoms with Crippen LogP contribution in [0.15, 0.2) is 29.2 Å². The first kappa shape index (κ1) is 15.5. The van der Waals surface area contributed by atoms with Crippen molar-refractivity contribution >= 4 is 9.84 Å². The first-order valence-electron chi connectivity index (χ1n) is 7.40. The molecule has 3 atom stereocenters. The fraction of sp³-hybridized carbons (Fsp3) is 0.625. The molecule has 1 saturated carbocycles. The Bertz CT molecular complexity index is 533. The number of rotatable bonds is 4. The number of aliphatic hydroxyl groups is 1. The SMILES string of the molecule is CCC1CCCC(C(O)c2ccc(S(C)(=O)=O)cc2)C1. The first-order valence-corrected chi connectivity index (χ1v) is 9.29. The quantitative estimate of drug-likeness (QED) is 0.927. The minimum atomic E-state index is -3.16. The zero-order chi connectivity index (χ0) is 14.8. The van der Waals surface area contributed by atoms with Gasteiger partial charge < -0.3 is 5.11 Å². The van der Waals surface area contributed by atoms with Crippen molar-refractivity contribution in [3.63, 3.8) is 0 Å². The van der Waals surface area contributed by atoms with E-state index >= 15 is 0 Å². The molecule has 0 bridgehead atoms. The van der Waals surface area contributed by atoms with Gasteiger partial charge in [-0.2, -0.15) is 0 Å². The fourth-order valence-corrected chi connectivity index (χ4v) is 3.80. The van der Waals surface area contributed by atoms with Crippen molar-refractivity contribution in [3.05, 3.63) is 29.8 Å². The third-order valence-electron chi connectivity index (χ3n) is 4.50. The predicted molar refractivity (Wildman–Crippen MR) is 80.3 cm³/mol. The summed E-state index contributed by atoms with van der Waals surface area (Å²) in [5, 5.41) is 10.5. The average molecular weight is 296 g/mol. The molecule has 3 nitrogen and oxygen atoms in total. The maximum Gasteiger partial charge on any atom is 0.175 e. The molecule has 0 amide bonds. The minimum absolute atomic E-state index is 0.304. The summed E-state index contributed by atoms with van der Waals surface area (Å²) >= 11 is 0. The number of hydrogen-bond donors (Lipinski definition) is 1. The van der Waals surface area contributed by atoms with Crippen LogP contribution < -0.4 is 0 Å². The molecule has 0 aliphatic heterocycles. The van der Waals surface area contributed by atoms with Crippen LogP contribution in [0.3, 0.4) is 0 Å². The van der Waals surface area contributed by atoms with Gasteiger partial charge in [-0.05, 0) is 42.4 Å². The lowest BCUT2D eigenvalue weighted by Crippen LogP contribution is -2.21. The zero-order valence-corrected chi connectivity index (χ0v) is 13.1. The van der Waals surface area contributed by atoms with Crippen molar-refractivity contribution in [2.75, 3.05) is 6.26 Å². The lowest BCUT2D eigenvalue weighted by molar-refractivity contribution is 0.0678. The van der Waals surface area contributed by atoms with Gasteiger partial charge in [0, 0.05) is 6.26 Å². The lowest BCUT2D eigenvalue weighted by atomic mass is 9.76. The van der Waals surface area contributed by atoms with E-state index in [0.717, 1.165) is 24.3 Å². The first-order chi connectivity index (χ1) is 9.41. The second-order valence-corrected chi connectivity index (χ2v) is 8.00. The Kier molecular flexibility index (Phi) is 4.86. The standard InChI is InChI=1S/C16H24O3S/c1-3-12-5-4-6-14(11-12)16(17)13-7-9-15(10-8-13)20(2,18)19/h7-10,12,14,16-17H,3-6,11H2,1-2H3. The number of benzene rings is 1. The highest BCUT2D eigenvalue weighted by Crippen LogP contribution is 2.38. The van der Waals surface area contributed by atoms with E-state index in [4.69, 9.17) is 0 Å². The monoisotopic (exact) mass is 296 g/mol. The molecule has 1 aromatic carbocycles. The molecule has 4 heteroatoms. The highest BCUT2D eigenvalue weighted by molar-refractivity contribution is 7.90. The lowest BCUT2D eigenvalue weighted by Gasteiger charge is -2.32. The maximum atomic E-state index is 11.4. The summed E-state index contributed by atoms with van der Waals surface area (Å²) in [5.74, 6) is 1.02. The second-order valence-electron chi connectivity index (χ2n) is 5.99. The summed E-state index contributed by atoms with van der Waals surface area (Å²) in [5.41, 5.74) is 0.833. The Morgan fingerprint density at radius 3 is 2.45 bits per heavy atom. The largest absolute Gasteiger partial charge is 0.388 e. The van der Waals surface area contributed by atoms with Gasteiger partial charge in [0.15, 0.2) is 9.84 Å². The van der Waals surface area contributed by atoms with Crippen molar-refractivity contribution in [1.82, 2.24) is 0 Å². The zero-order valence-electron chi connectivity index (χ0n) is 12.2. The molecule has 0 heterocycles. The van der Waals surface area contributed by atoms with Crippen molar-refractivity contribution in [2.45, 2.75) is 50.0 Å². The Labute approximate surface area is 121 Å². The van der Waals surface area contributed by atoms with Gasteiger partial charge in [0.05, 0.1) is 11.0 Å². The summed E-state index contributed by atoms with van der Waals surface area (Å²) in [4.78, 5) is 0.309. The van der Waals surface area contributed by atoms with E-state index in [1.165, 1.54) is 25.5 Å². The average Bonchev–Trinajstić information content (AvgIpc) is 2.46. The second kappa shape index (κ2) is 6.27. The molecule has 3 unspecified atom stereocenters. The molecular weight excluding hydrogens is 272 g/mol. The van der Waals surface area contributed by atoms with Gasteiger partial charge >= 0.3 is 0 Å². The van der Waals surface area contributed by atoms with Crippen LogP contribution in [0.2, 0.25) is 0 Å². The highest BCUT2D eigenvalue weighted by atomic mass is 32.2. The Balaban J connectivity index is 2.11. The van der Waals surface area contributed by atoms with Crippen molar-refractivity contribution < 1.29 is 13.5 Å². The normalized spacial score (nSPS) is 25.4. The van der Waals surface area contributed by atoms with E-state index < -0.39 is 15.9 Å². The molecule has 0 spiro atoms. The molecular formula is C16H24O3S. The van der Waals surface area contributed by atoms with Crippen LogP contribution in [-0.2, 0) is 9.84 Å². The summed E-state index contributed by atoms with van der Waals surface area (Å²) < 4.78 is 22.9.